The molecule has 0 radical (unpaired) electrons. The lowest BCUT2D eigenvalue weighted by atomic mass is 10.2. The fourth-order valence-electron chi connectivity index (χ4n) is 1.34. The van der Waals surface area contributed by atoms with Crippen molar-refractivity contribution in [3.8, 4) is 0 Å². The van der Waals surface area contributed by atoms with E-state index >= 15 is 0 Å². The molecule has 0 saturated heterocycles. The molecule has 1 aromatic carbocycles. The van der Waals surface area contributed by atoms with Crippen molar-refractivity contribution in [2.75, 3.05) is 25.6 Å². The highest BCUT2D eigenvalue weighted by molar-refractivity contribution is 9.10. The molecule has 18 heavy (non-hydrogen) atoms. The van der Waals surface area contributed by atoms with E-state index in [0.29, 0.717) is 6.54 Å². The second-order valence-corrected chi connectivity index (χ2v) is 5.89. The van der Waals surface area contributed by atoms with E-state index in [2.05, 4.69) is 37.8 Å². The van der Waals surface area contributed by atoms with E-state index in [4.69, 9.17) is 11.6 Å². The van der Waals surface area contributed by atoms with Gasteiger partial charge in [0.1, 0.15) is 0 Å². The third kappa shape index (κ3) is 5.50. The molecule has 0 heterocycles. The molecule has 0 aromatic heterocycles. The van der Waals surface area contributed by atoms with E-state index in [1.54, 1.807) is 18.8 Å². The molecule has 0 bridgehead atoms. The van der Waals surface area contributed by atoms with Crippen LogP contribution in [0.3, 0.4) is 0 Å². The predicted molar refractivity (Wildman–Crippen MR) is 85.7 cm³/mol. The number of thioether (sulfide) groups is 1. The lowest BCUT2D eigenvalue weighted by molar-refractivity contribution is 0.833. The summed E-state index contributed by atoms with van der Waals surface area (Å²) in [4.78, 5) is 4.15. The first-order valence-electron chi connectivity index (χ1n) is 5.54. The molecule has 1 aromatic rings. The van der Waals surface area contributed by atoms with Crippen molar-refractivity contribution in [2.45, 2.75) is 6.54 Å². The number of nitrogens with one attached hydrogen (secondary N) is 2. The minimum Gasteiger partial charge on any atom is -0.356 e. The van der Waals surface area contributed by atoms with Crippen LogP contribution >= 0.6 is 39.3 Å². The summed E-state index contributed by atoms with van der Waals surface area (Å²) in [6, 6.07) is 5.86. The smallest absolute Gasteiger partial charge is 0.191 e. The molecular weight excluding hydrogens is 334 g/mol. The molecule has 100 valence electrons. The Labute approximate surface area is 126 Å². The van der Waals surface area contributed by atoms with Crippen LogP contribution in [0.15, 0.2) is 27.7 Å². The highest BCUT2D eigenvalue weighted by atomic mass is 79.9. The zero-order chi connectivity index (χ0) is 13.4. The Morgan fingerprint density at radius 2 is 2.22 bits per heavy atom. The van der Waals surface area contributed by atoms with E-state index in [-0.39, 0.29) is 0 Å². The molecule has 0 aliphatic rings. The molecule has 0 spiro atoms. The number of rotatable bonds is 5. The summed E-state index contributed by atoms with van der Waals surface area (Å²) < 4.78 is 0.985. The van der Waals surface area contributed by atoms with Crippen molar-refractivity contribution in [2.24, 2.45) is 4.99 Å². The predicted octanol–water partition coefficient (Wildman–Crippen LogP) is 3.13. The van der Waals surface area contributed by atoms with E-state index in [1.807, 2.05) is 18.2 Å². The zero-order valence-electron chi connectivity index (χ0n) is 10.5. The maximum absolute atomic E-state index is 6.15. The average Bonchev–Trinajstić information content (AvgIpc) is 2.35. The van der Waals surface area contributed by atoms with Crippen molar-refractivity contribution in [1.29, 1.82) is 0 Å². The standard InChI is InChI=1S/C12H17BrClN3S/c1-15-12(16-5-6-18-2)17-8-9-3-4-10(13)7-11(9)14/h3-4,7H,5-6,8H2,1-2H3,(H2,15,16,17). The summed E-state index contributed by atoms with van der Waals surface area (Å²) in [6.07, 6.45) is 2.08. The molecule has 1 rings (SSSR count). The summed E-state index contributed by atoms with van der Waals surface area (Å²) in [5, 5.41) is 7.22. The molecular formula is C12H17BrClN3S. The van der Waals surface area contributed by atoms with Crippen LogP contribution < -0.4 is 10.6 Å². The van der Waals surface area contributed by atoms with E-state index < -0.39 is 0 Å². The van der Waals surface area contributed by atoms with Gasteiger partial charge < -0.3 is 10.6 Å². The van der Waals surface area contributed by atoms with Gasteiger partial charge in [-0.25, -0.2) is 0 Å². The van der Waals surface area contributed by atoms with Crippen molar-refractivity contribution >= 4 is 45.3 Å². The molecule has 3 nitrogen and oxygen atoms in total. The Morgan fingerprint density at radius 3 is 2.83 bits per heavy atom. The minimum absolute atomic E-state index is 0.658. The first-order chi connectivity index (χ1) is 8.67. The maximum Gasteiger partial charge on any atom is 0.191 e. The van der Waals surface area contributed by atoms with Crippen LogP contribution in [0.25, 0.3) is 0 Å². The Morgan fingerprint density at radius 1 is 1.44 bits per heavy atom. The topological polar surface area (TPSA) is 36.4 Å². The van der Waals surface area contributed by atoms with Crippen LogP contribution in [0.4, 0.5) is 0 Å². The van der Waals surface area contributed by atoms with Crippen molar-refractivity contribution in [3.63, 3.8) is 0 Å². The summed E-state index contributed by atoms with van der Waals surface area (Å²) >= 11 is 11.3. The number of guanidine groups is 1. The lowest BCUT2D eigenvalue weighted by Gasteiger charge is -2.12. The molecule has 0 amide bonds. The van der Waals surface area contributed by atoms with Crippen LogP contribution in [0, 0.1) is 0 Å². The first-order valence-corrected chi connectivity index (χ1v) is 8.11. The normalized spacial score (nSPS) is 11.4. The monoisotopic (exact) mass is 349 g/mol. The Hall–Kier alpha value is -0.390. The first kappa shape index (κ1) is 15.7. The van der Waals surface area contributed by atoms with Gasteiger partial charge >= 0.3 is 0 Å². The molecule has 0 fully saturated rings. The number of hydrogen-bond donors (Lipinski definition) is 2. The number of halogens is 2. The fraction of sp³-hybridized carbons (Fsp3) is 0.417. The Balaban J connectivity index is 2.47. The maximum atomic E-state index is 6.15. The van der Waals surface area contributed by atoms with Gasteiger partial charge in [0.25, 0.3) is 0 Å². The van der Waals surface area contributed by atoms with E-state index in [0.717, 1.165) is 33.3 Å². The van der Waals surface area contributed by atoms with Gasteiger partial charge in [-0.1, -0.05) is 33.6 Å². The van der Waals surface area contributed by atoms with Gasteiger partial charge in [0.05, 0.1) is 0 Å². The highest BCUT2D eigenvalue weighted by Gasteiger charge is 2.02. The summed E-state index contributed by atoms with van der Waals surface area (Å²) in [5.74, 6) is 1.85. The fourth-order valence-corrected chi connectivity index (χ4v) is 2.38. The molecule has 6 heteroatoms. The van der Waals surface area contributed by atoms with Gasteiger partial charge in [-0.3, -0.25) is 4.99 Å². The van der Waals surface area contributed by atoms with Gasteiger partial charge in [-0.2, -0.15) is 11.8 Å². The summed E-state index contributed by atoms with van der Waals surface area (Å²) in [5.41, 5.74) is 1.05. The summed E-state index contributed by atoms with van der Waals surface area (Å²) in [6.45, 7) is 1.56. The van der Waals surface area contributed by atoms with Crippen molar-refractivity contribution in [1.82, 2.24) is 10.6 Å². The molecule has 0 atom stereocenters. The van der Waals surface area contributed by atoms with Crippen molar-refractivity contribution in [3.05, 3.63) is 33.3 Å². The number of hydrogen-bond acceptors (Lipinski definition) is 2. The molecule has 2 N–H and O–H groups in total. The van der Waals surface area contributed by atoms with Gasteiger partial charge in [0, 0.05) is 35.4 Å². The van der Waals surface area contributed by atoms with Gasteiger partial charge in [-0.05, 0) is 24.0 Å². The number of nitrogens with zero attached hydrogens (tertiary/aromatic N) is 1. The largest absolute Gasteiger partial charge is 0.356 e. The lowest BCUT2D eigenvalue weighted by Crippen LogP contribution is -2.37. The van der Waals surface area contributed by atoms with Crippen LogP contribution in [0.5, 0.6) is 0 Å². The van der Waals surface area contributed by atoms with Crippen LogP contribution in [-0.2, 0) is 6.54 Å². The molecule has 0 aliphatic heterocycles. The Bertz CT molecular complexity index is 412. The second kappa shape index (κ2) is 8.67. The average molecular weight is 351 g/mol. The quantitative estimate of drug-likeness (QED) is 0.486. The Kier molecular flexibility index (Phi) is 7.54. The van der Waals surface area contributed by atoms with E-state index in [9.17, 15) is 0 Å². The summed E-state index contributed by atoms with van der Waals surface area (Å²) in [7, 11) is 1.76. The number of aliphatic imine (C=N–C) groups is 1. The van der Waals surface area contributed by atoms with Gasteiger partial charge in [0.2, 0.25) is 0 Å². The van der Waals surface area contributed by atoms with Crippen LogP contribution in [-0.4, -0.2) is 31.6 Å². The van der Waals surface area contributed by atoms with Crippen LogP contribution in [0.1, 0.15) is 5.56 Å². The molecule has 0 aliphatic carbocycles. The minimum atomic E-state index is 0.658. The van der Waals surface area contributed by atoms with E-state index in [1.165, 1.54) is 0 Å². The molecule has 0 saturated carbocycles. The molecule has 0 unspecified atom stereocenters. The van der Waals surface area contributed by atoms with Gasteiger partial charge in [-0.15, -0.1) is 0 Å². The zero-order valence-corrected chi connectivity index (χ0v) is 13.6. The van der Waals surface area contributed by atoms with Gasteiger partial charge in [0.15, 0.2) is 5.96 Å². The third-order valence-corrected chi connectivity index (χ3v) is 3.74. The second-order valence-electron chi connectivity index (χ2n) is 3.58. The van der Waals surface area contributed by atoms with Crippen molar-refractivity contribution < 1.29 is 0 Å². The SMILES string of the molecule is CN=C(NCCSC)NCc1ccc(Br)cc1Cl. The highest BCUT2D eigenvalue weighted by Crippen LogP contribution is 2.20. The number of benzene rings is 1. The third-order valence-electron chi connectivity index (χ3n) is 2.28. The van der Waals surface area contributed by atoms with Crippen LogP contribution in [0.2, 0.25) is 5.02 Å².